The zero-order valence-corrected chi connectivity index (χ0v) is 14.1. The Bertz CT molecular complexity index is 628. The molecule has 0 saturated heterocycles. The average molecular weight is 331 g/mol. The van der Waals surface area contributed by atoms with E-state index in [2.05, 4.69) is 18.3 Å². The summed E-state index contributed by atoms with van der Waals surface area (Å²) >= 11 is 0. The number of rotatable bonds is 4. The predicted octanol–water partition coefficient (Wildman–Crippen LogP) is 3.08. The molecule has 5 heteroatoms. The minimum Gasteiger partial charge on any atom is -0.493 e. The second-order valence-electron chi connectivity index (χ2n) is 6.79. The highest BCUT2D eigenvalue weighted by molar-refractivity contribution is 5.80. The Morgan fingerprint density at radius 3 is 2.79 bits per heavy atom. The smallest absolute Gasteiger partial charge is 0.306 e. The van der Waals surface area contributed by atoms with E-state index >= 15 is 0 Å². The van der Waals surface area contributed by atoms with Gasteiger partial charge < -0.3 is 15.2 Å². The molecule has 0 aromatic heterocycles. The highest BCUT2D eigenvalue weighted by Crippen LogP contribution is 2.36. The number of hydrogen-bond acceptors (Lipinski definition) is 3. The van der Waals surface area contributed by atoms with Gasteiger partial charge in [-0.2, -0.15) is 0 Å². The van der Waals surface area contributed by atoms with Crippen molar-refractivity contribution in [1.82, 2.24) is 5.32 Å². The molecular formula is C19H25NO4. The van der Waals surface area contributed by atoms with E-state index in [0.717, 1.165) is 42.6 Å². The molecule has 3 unspecified atom stereocenters. The van der Waals surface area contributed by atoms with Crippen LogP contribution >= 0.6 is 0 Å². The number of para-hydroxylation sites is 1. The fourth-order valence-electron chi connectivity index (χ4n) is 3.86. The molecule has 130 valence electrons. The molecule has 1 aromatic rings. The van der Waals surface area contributed by atoms with Gasteiger partial charge in [-0.15, -0.1) is 0 Å². The molecule has 1 aromatic carbocycles. The first-order chi connectivity index (χ1) is 11.6. The number of carboxylic acid groups (broad SMARTS) is 1. The molecular weight excluding hydrogens is 306 g/mol. The topological polar surface area (TPSA) is 75.6 Å². The van der Waals surface area contributed by atoms with Crippen molar-refractivity contribution in [2.24, 2.45) is 11.8 Å². The maximum Gasteiger partial charge on any atom is 0.306 e. The van der Waals surface area contributed by atoms with Crippen molar-refractivity contribution >= 4 is 11.9 Å². The Morgan fingerprint density at radius 2 is 2.04 bits per heavy atom. The number of fused-ring (bicyclic) bond motifs is 1. The van der Waals surface area contributed by atoms with Gasteiger partial charge in [0.15, 0.2) is 0 Å². The van der Waals surface area contributed by atoms with Crippen molar-refractivity contribution in [3.8, 4) is 5.75 Å². The van der Waals surface area contributed by atoms with E-state index in [9.17, 15) is 14.7 Å². The van der Waals surface area contributed by atoms with Crippen molar-refractivity contribution in [3.63, 3.8) is 0 Å². The second-order valence-corrected chi connectivity index (χ2v) is 6.79. The lowest BCUT2D eigenvalue weighted by molar-refractivity contribution is -0.144. The predicted molar refractivity (Wildman–Crippen MR) is 89.9 cm³/mol. The van der Waals surface area contributed by atoms with Crippen molar-refractivity contribution < 1.29 is 19.4 Å². The third kappa shape index (κ3) is 3.40. The third-order valence-electron chi connectivity index (χ3n) is 5.25. The van der Waals surface area contributed by atoms with Gasteiger partial charge in [0.05, 0.1) is 18.6 Å². The van der Waals surface area contributed by atoms with E-state index in [0.29, 0.717) is 19.4 Å². The fourth-order valence-corrected chi connectivity index (χ4v) is 3.86. The van der Waals surface area contributed by atoms with Crippen molar-refractivity contribution in [3.05, 3.63) is 29.3 Å². The molecule has 0 bridgehead atoms. The Labute approximate surface area is 142 Å². The number of carboxylic acids is 1. The number of hydrogen-bond donors (Lipinski definition) is 2. The number of carbonyl (C=O) groups excluding carboxylic acids is 1. The normalized spacial score (nSPS) is 26.1. The third-order valence-corrected chi connectivity index (χ3v) is 5.25. The zero-order valence-electron chi connectivity index (χ0n) is 14.1. The molecule has 5 nitrogen and oxygen atoms in total. The summed E-state index contributed by atoms with van der Waals surface area (Å²) in [7, 11) is 0. The highest BCUT2D eigenvalue weighted by atomic mass is 16.5. The fraction of sp³-hybridized carbons (Fsp3) is 0.579. The molecule has 2 N–H and O–H groups in total. The largest absolute Gasteiger partial charge is 0.493 e. The van der Waals surface area contributed by atoms with Crippen LogP contribution in [0, 0.1) is 11.8 Å². The number of aryl methyl sites for hydroxylation is 1. The van der Waals surface area contributed by atoms with E-state index in [1.165, 1.54) is 0 Å². The van der Waals surface area contributed by atoms with Crippen LogP contribution in [0.2, 0.25) is 0 Å². The second kappa shape index (κ2) is 7.24. The van der Waals surface area contributed by atoms with Gasteiger partial charge in [-0.3, -0.25) is 9.59 Å². The maximum absolute atomic E-state index is 12.7. The number of nitrogens with one attached hydrogen (secondary N) is 1. The monoisotopic (exact) mass is 331 g/mol. The van der Waals surface area contributed by atoms with Gasteiger partial charge in [0.1, 0.15) is 5.75 Å². The lowest BCUT2D eigenvalue weighted by Gasteiger charge is -2.31. The molecule has 3 atom stereocenters. The lowest BCUT2D eigenvalue weighted by atomic mass is 9.80. The van der Waals surface area contributed by atoms with E-state index in [1.807, 2.05) is 12.1 Å². The number of aliphatic carboxylic acids is 1. The summed E-state index contributed by atoms with van der Waals surface area (Å²) in [5.41, 5.74) is 2.20. The maximum atomic E-state index is 12.7. The summed E-state index contributed by atoms with van der Waals surface area (Å²) < 4.78 is 5.82. The van der Waals surface area contributed by atoms with Crippen molar-refractivity contribution in [1.29, 1.82) is 0 Å². The summed E-state index contributed by atoms with van der Waals surface area (Å²) in [6.07, 6.45) is 4.36. The van der Waals surface area contributed by atoms with Crippen LogP contribution in [0.5, 0.6) is 5.75 Å². The van der Waals surface area contributed by atoms with Gasteiger partial charge in [0.25, 0.3) is 0 Å². The van der Waals surface area contributed by atoms with Gasteiger partial charge in [0, 0.05) is 17.9 Å². The standard InChI is InChI=1S/C19H25NO4/c1-2-12-5-4-8-15-16(9-10-24-17(12)15)20-18(21)13-6-3-7-14(11-13)19(22)23/h4-5,8,13-14,16H,2-3,6-7,9-11H2,1H3,(H,20,21)(H,22,23). The highest BCUT2D eigenvalue weighted by Gasteiger charge is 2.33. The van der Waals surface area contributed by atoms with Crippen LogP contribution in [0.3, 0.4) is 0 Å². The van der Waals surface area contributed by atoms with Crippen molar-refractivity contribution in [2.75, 3.05) is 6.61 Å². The first kappa shape index (κ1) is 16.8. The van der Waals surface area contributed by atoms with Gasteiger partial charge in [-0.05, 0) is 31.2 Å². The van der Waals surface area contributed by atoms with Crippen LogP contribution < -0.4 is 10.1 Å². The van der Waals surface area contributed by atoms with Crippen LogP contribution in [-0.4, -0.2) is 23.6 Å². The number of ether oxygens (including phenoxy) is 1. The lowest BCUT2D eigenvalue weighted by Crippen LogP contribution is -2.39. The molecule has 1 fully saturated rings. The van der Waals surface area contributed by atoms with Crippen LogP contribution in [0.1, 0.15) is 56.2 Å². The Kier molecular flexibility index (Phi) is 5.07. The first-order valence-corrected chi connectivity index (χ1v) is 8.88. The number of amides is 1. The van der Waals surface area contributed by atoms with Crippen LogP contribution in [0.15, 0.2) is 18.2 Å². The van der Waals surface area contributed by atoms with Gasteiger partial charge in [0.2, 0.25) is 5.91 Å². The van der Waals surface area contributed by atoms with Crippen LogP contribution in [-0.2, 0) is 16.0 Å². The molecule has 1 amide bonds. The van der Waals surface area contributed by atoms with Gasteiger partial charge in [-0.1, -0.05) is 31.5 Å². The number of carbonyl (C=O) groups is 2. The minimum absolute atomic E-state index is 0.0132. The molecule has 24 heavy (non-hydrogen) atoms. The average Bonchev–Trinajstić information content (AvgIpc) is 2.61. The molecule has 0 spiro atoms. The summed E-state index contributed by atoms with van der Waals surface area (Å²) in [6, 6.07) is 6.03. The van der Waals surface area contributed by atoms with E-state index in [4.69, 9.17) is 4.74 Å². The summed E-state index contributed by atoms with van der Waals surface area (Å²) in [4.78, 5) is 23.9. The quantitative estimate of drug-likeness (QED) is 0.889. The van der Waals surface area contributed by atoms with E-state index in [-0.39, 0.29) is 23.8 Å². The molecule has 1 aliphatic heterocycles. The first-order valence-electron chi connectivity index (χ1n) is 8.88. The molecule has 1 heterocycles. The number of benzene rings is 1. The molecule has 0 radical (unpaired) electrons. The summed E-state index contributed by atoms with van der Waals surface area (Å²) in [6.45, 7) is 2.69. The summed E-state index contributed by atoms with van der Waals surface area (Å²) in [5.74, 6) is -0.468. The zero-order chi connectivity index (χ0) is 17.1. The van der Waals surface area contributed by atoms with Gasteiger partial charge >= 0.3 is 5.97 Å². The summed E-state index contributed by atoms with van der Waals surface area (Å²) in [5, 5.41) is 12.3. The minimum atomic E-state index is -0.781. The molecule has 2 aliphatic rings. The molecule has 3 rings (SSSR count). The SMILES string of the molecule is CCc1cccc2c1OCCC2NC(=O)C1CCCC(C(=O)O)C1. The van der Waals surface area contributed by atoms with Gasteiger partial charge in [-0.25, -0.2) is 0 Å². The Balaban J connectivity index is 1.71. The Morgan fingerprint density at radius 1 is 1.25 bits per heavy atom. The van der Waals surface area contributed by atoms with Crippen LogP contribution in [0.25, 0.3) is 0 Å². The van der Waals surface area contributed by atoms with E-state index < -0.39 is 5.97 Å². The van der Waals surface area contributed by atoms with Crippen LogP contribution in [0.4, 0.5) is 0 Å². The Hall–Kier alpha value is -2.04. The van der Waals surface area contributed by atoms with Crippen molar-refractivity contribution in [2.45, 2.75) is 51.5 Å². The van der Waals surface area contributed by atoms with E-state index in [1.54, 1.807) is 0 Å². The molecule has 1 aliphatic carbocycles. The molecule has 1 saturated carbocycles.